The number of rotatable bonds is 6. The van der Waals surface area contributed by atoms with E-state index in [1.807, 2.05) is 0 Å². The van der Waals surface area contributed by atoms with Crippen LogP contribution in [0.5, 0.6) is 5.75 Å². The van der Waals surface area contributed by atoms with Gasteiger partial charge in [-0.2, -0.15) is 0 Å². The fourth-order valence-electron chi connectivity index (χ4n) is 2.65. The third-order valence-electron chi connectivity index (χ3n) is 4.03. The maximum absolute atomic E-state index is 13.6. The molecule has 2 aromatic carbocycles. The van der Waals surface area contributed by atoms with E-state index >= 15 is 0 Å². The van der Waals surface area contributed by atoms with E-state index < -0.39 is 21.6 Å². The lowest BCUT2D eigenvalue weighted by Crippen LogP contribution is -2.32. The minimum absolute atomic E-state index is 0.0589. The average Bonchev–Trinajstić information content (AvgIpc) is 3.16. The number of benzene rings is 2. The van der Waals surface area contributed by atoms with E-state index in [0.717, 1.165) is 20.1 Å². The van der Waals surface area contributed by atoms with Crippen molar-refractivity contribution < 1.29 is 23.1 Å². The molecule has 0 fully saturated rings. The predicted molar refractivity (Wildman–Crippen MR) is 123 cm³/mol. The highest BCUT2D eigenvalue weighted by Gasteiger charge is 2.32. The van der Waals surface area contributed by atoms with Gasteiger partial charge in [0.05, 0.1) is 17.0 Å². The Kier molecular flexibility index (Phi) is 6.73. The first kappa shape index (κ1) is 23.2. The summed E-state index contributed by atoms with van der Waals surface area (Å²) in [5.41, 5.74) is 1.21. The highest BCUT2D eigenvalue weighted by Crippen LogP contribution is 2.34. The third-order valence-corrected chi connectivity index (χ3v) is 7.28. The molecule has 0 bridgehead atoms. The van der Waals surface area contributed by atoms with Crippen molar-refractivity contribution in [1.82, 2.24) is 4.98 Å². The number of carbonyl (C=O) groups excluding carboxylic acids is 1. The van der Waals surface area contributed by atoms with Crippen LogP contribution < -0.4 is 4.31 Å². The van der Waals surface area contributed by atoms with Gasteiger partial charge in [-0.25, -0.2) is 18.2 Å². The number of hydrogen-bond acceptors (Lipinski definition) is 7. The Balaban J connectivity index is 2.09. The van der Waals surface area contributed by atoms with Crippen LogP contribution in [0.15, 0.2) is 63.4 Å². The normalized spacial score (nSPS) is 11.9. The van der Waals surface area contributed by atoms with Gasteiger partial charge in [-0.3, -0.25) is 4.31 Å². The Labute approximate surface area is 193 Å². The van der Waals surface area contributed by atoms with Gasteiger partial charge in [-0.1, -0.05) is 28.1 Å². The van der Waals surface area contributed by atoms with Gasteiger partial charge in [0, 0.05) is 4.47 Å². The molecule has 164 valence electrons. The molecule has 0 aliphatic heterocycles. The van der Waals surface area contributed by atoms with Crippen molar-refractivity contribution in [2.75, 3.05) is 4.31 Å². The quantitative estimate of drug-likeness (QED) is 0.457. The van der Waals surface area contributed by atoms with Gasteiger partial charge in [0.15, 0.2) is 5.69 Å². The average molecular weight is 525 g/mol. The second-order valence-corrected chi connectivity index (χ2v) is 11.3. The van der Waals surface area contributed by atoms with Gasteiger partial charge >= 0.3 is 5.97 Å². The van der Waals surface area contributed by atoms with Gasteiger partial charge in [0.2, 0.25) is 0 Å². The Bertz CT molecular complexity index is 1170. The molecule has 0 unspecified atom stereocenters. The van der Waals surface area contributed by atoms with Crippen molar-refractivity contribution in [3.63, 3.8) is 0 Å². The lowest BCUT2D eigenvalue weighted by molar-refractivity contribution is 0.00646. The first-order valence-electron chi connectivity index (χ1n) is 9.20. The fourth-order valence-corrected chi connectivity index (χ4v) is 5.38. The van der Waals surface area contributed by atoms with Gasteiger partial charge in [0.25, 0.3) is 10.0 Å². The second kappa shape index (κ2) is 8.97. The van der Waals surface area contributed by atoms with E-state index in [1.165, 1.54) is 29.8 Å². The van der Waals surface area contributed by atoms with Crippen molar-refractivity contribution in [1.29, 1.82) is 0 Å². The van der Waals surface area contributed by atoms with Crippen molar-refractivity contribution in [3.05, 3.63) is 69.8 Å². The molecule has 7 nitrogen and oxygen atoms in total. The SMILES string of the molecule is CC(C)(C)OC(=O)c1ncsc1N(Cc1ccc(O)cc1)S(=O)(=O)c1ccc(Br)cc1. The van der Waals surface area contributed by atoms with Crippen LogP contribution in [0.1, 0.15) is 36.8 Å². The fraction of sp³-hybridized carbons (Fsp3) is 0.238. The van der Waals surface area contributed by atoms with Crippen molar-refractivity contribution in [3.8, 4) is 5.75 Å². The molecule has 0 saturated heterocycles. The summed E-state index contributed by atoms with van der Waals surface area (Å²) in [4.78, 5) is 16.9. The van der Waals surface area contributed by atoms with Crippen LogP contribution in [0.2, 0.25) is 0 Å². The summed E-state index contributed by atoms with van der Waals surface area (Å²) in [7, 11) is -4.04. The Morgan fingerprint density at radius 3 is 2.32 bits per heavy atom. The molecular weight excluding hydrogens is 504 g/mol. The molecule has 0 atom stereocenters. The zero-order valence-corrected chi connectivity index (χ0v) is 20.3. The highest BCUT2D eigenvalue weighted by atomic mass is 79.9. The monoisotopic (exact) mass is 524 g/mol. The molecule has 0 aliphatic carbocycles. The van der Waals surface area contributed by atoms with Gasteiger partial charge in [0.1, 0.15) is 16.4 Å². The first-order valence-corrected chi connectivity index (χ1v) is 12.3. The summed E-state index contributed by atoms with van der Waals surface area (Å²) >= 11 is 4.34. The van der Waals surface area contributed by atoms with Crippen LogP contribution in [0, 0.1) is 0 Å². The van der Waals surface area contributed by atoms with E-state index in [4.69, 9.17) is 4.74 Å². The number of aromatic hydroxyl groups is 1. The van der Waals surface area contributed by atoms with E-state index in [2.05, 4.69) is 20.9 Å². The van der Waals surface area contributed by atoms with Gasteiger partial charge in [-0.05, 0) is 62.7 Å². The van der Waals surface area contributed by atoms with Crippen LogP contribution >= 0.6 is 27.3 Å². The van der Waals surface area contributed by atoms with Crippen molar-refractivity contribution >= 4 is 48.3 Å². The van der Waals surface area contributed by atoms with Gasteiger partial charge < -0.3 is 9.84 Å². The molecule has 0 amide bonds. The number of aromatic nitrogens is 1. The summed E-state index contributed by atoms with van der Waals surface area (Å²) in [5.74, 6) is -0.635. The summed E-state index contributed by atoms with van der Waals surface area (Å²) in [6, 6.07) is 12.4. The molecule has 1 aromatic heterocycles. The lowest BCUT2D eigenvalue weighted by atomic mass is 10.2. The first-order chi connectivity index (χ1) is 14.5. The number of ether oxygens (including phenoxy) is 1. The molecule has 0 spiro atoms. The number of phenolic OH excluding ortho intramolecular Hbond substituents is 1. The van der Waals surface area contributed by atoms with E-state index in [1.54, 1.807) is 45.0 Å². The van der Waals surface area contributed by atoms with Crippen LogP contribution in [0.3, 0.4) is 0 Å². The van der Waals surface area contributed by atoms with Crippen LogP contribution in [0.25, 0.3) is 0 Å². The minimum Gasteiger partial charge on any atom is -0.508 e. The molecule has 0 radical (unpaired) electrons. The molecule has 10 heteroatoms. The number of halogens is 1. The number of thiazole rings is 1. The van der Waals surface area contributed by atoms with E-state index in [0.29, 0.717) is 5.56 Å². The minimum atomic E-state index is -4.04. The third kappa shape index (κ3) is 5.63. The molecule has 31 heavy (non-hydrogen) atoms. The molecule has 1 heterocycles. The topological polar surface area (TPSA) is 96.8 Å². The smallest absolute Gasteiger partial charge is 0.360 e. The van der Waals surface area contributed by atoms with Gasteiger partial charge in [-0.15, -0.1) is 11.3 Å². The van der Waals surface area contributed by atoms with E-state index in [-0.39, 0.29) is 27.9 Å². The molecule has 0 saturated carbocycles. The Hall–Kier alpha value is -2.43. The molecule has 0 aliphatic rings. The lowest BCUT2D eigenvalue weighted by Gasteiger charge is -2.25. The maximum Gasteiger partial charge on any atom is 0.360 e. The number of esters is 1. The molecular formula is C21H21BrN2O5S2. The predicted octanol–water partition coefficient (Wildman–Crippen LogP) is 4.96. The maximum atomic E-state index is 13.6. The largest absolute Gasteiger partial charge is 0.508 e. The zero-order valence-electron chi connectivity index (χ0n) is 17.1. The standard InChI is InChI=1S/C21H21BrN2O5S2/c1-21(2,3)29-20(26)18-19(30-13-23-18)24(12-14-4-8-16(25)9-5-14)31(27,28)17-10-6-15(22)7-11-17/h4-11,13,25H,12H2,1-3H3. The van der Waals surface area contributed by atoms with Crippen LogP contribution in [-0.4, -0.2) is 30.1 Å². The zero-order chi connectivity index (χ0) is 22.8. The number of phenols is 1. The molecule has 1 N–H and O–H groups in total. The number of anilines is 1. The van der Waals surface area contributed by atoms with Crippen LogP contribution in [0.4, 0.5) is 5.00 Å². The number of sulfonamides is 1. The molecule has 3 aromatic rings. The summed E-state index contributed by atoms with van der Waals surface area (Å²) in [6.45, 7) is 5.12. The summed E-state index contributed by atoms with van der Waals surface area (Å²) in [6.07, 6.45) is 0. The van der Waals surface area contributed by atoms with Crippen LogP contribution in [-0.2, 0) is 21.3 Å². The summed E-state index contributed by atoms with van der Waals surface area (Å²) < 4.78 is 34.4. The second-order valence-electron chi connectivity index (χ2n) is 7.64. The Morgan fingerprint density at radius 2 is 1.74 bits per heavy atom. The number of carbonyl (C=O) groups is 1. The highest BCUT2D eigenvalue weighted by molar-refractivity contribution is 9.10. The number of nitrogens with zero attached hydrogens (tertiary/aromatic N) is 2. The van der Waals surface area contributed by atoms with Crippen molar-refractivity contribution in [2.24, 2.45) is 0 Å². The molecule has 3 rings (SSSR count). The summed E-state index contributed by atoms with van der Waals surface area (Å²) in [5, 5.41) is 9.72. The Morgan fingerprint density at radius 1 is 1.13 bits per heavy atom. The number of hydrogen-bond donors (Lipinski definition) is 1. The van der Waals surface area contributed by atoms with Crippen molar-refractivity contribution in [2.45, 2.75) is 37.8 Å². The van der Waals surface area contributed by atoms with E-state index in [9.17, 15) is 18.3 Å².